The summed E-state index contributed by atoms with van der Waals surface area (Å²) in [6.45, 7) is 5.42. The fraction of sp³-hybridized carbons (Fsp3) is 0.409. The molecular formula is C22H27N3O4S. The van der Waals surface area contributed by atoms with Crippen molar-refractivity contribution < 1.29 is 18.7 Å². The summed E-state index contributed by atoms with van der Waals surface area (Å²) in [7, 11) is 3.32. The van der Waals surface area contributed by atoms with Crippen LogP contribution in [-0.2, 0) is 9.53 Å². The minimum absolute atomic E-state index is 0.175. The molecule has 160 valence electrons. The Kier molecular flexibility index (Phi) is 7.23. The van der Waals surface area contributed by atoms with Crippen molar-refractivity contribution in [3.63, 3.8) is 0 Å². The van der Waals surface area contributed by atoms with Gasteiger partial charge < -0.3 is 14.1 Å². The molecule has 1 N–H and O–H groups in total. The number of esters is 1. The normalized spacial score (nSPS) is 11.2. The fourth-order valence-electron chi connectivity index (χ4n) is 3.19. The number of aromatic nitrogens is 1. The first-order valence-electron chi connectivity index (χ1n) is 10.0. The van der Waals surface area contributed by atoms with Gasteiger partial charge in [0.05, 0.1) is 22.9 Å². The van der Waals surface area contributed by atoms with Gasteiger partial charge in [0.25, 0.3) is 0 Å². The van der Waals surface area contributed by atoms with E-state index in [9.17, 15) is 9.59 Å². The Bertz CT molecular complexity index is 1010. The molecule has 1 amide bonds. The van der Waals surface area contributed by atoms with Crippen molar-refractivity contribution >= 4 is 39.3 Å². The Hall–Kier alpha value is -2.71. The number of hydrogen-bond acceptors (Lipinski definition) is 7. The maximum Gasteiger partial charge on any atom is 0.342 e. The number of benzene rings is 1. The number of carbonyl (C=O) groups is 2. The molecule has 30 heavy (non-hydrogen) atoms. The molecule has 2 aromatic heterocycles. The first kappa shape index (κ1) is 22.0. The van der Waals surface area contributed by atoms with Crippen molar-refractivity contribution in [2.45, 2.75) is 33.1 Å². The highest BCUT2D eigenvalue weighted by molar-refractivity contribution is 7.21. The fourth-order valence-corrected chi connectivity index (χ4v) is 4.20. The Balaban J connectivity index is 1.89. The molecule has 0 fully saturated rings. The molecule has 7 nitrogen and oxygen atoms in total. The molecule has 0 aliphatic rings. The third kappa shape index (κ3) is 4.88. The second kappa shape index (κ2) is 9.86. The van der Waals surface area contributed by atoms with Gasteiger partial charge in [0, 0.05) is 13.0 Å². The quantitative estimate of drug-likeness (QED) is 0.496. The number of aryl methyl sites for hydroxylation is 1. The van der Waals surface area contributed by atoms with Crippen molar-refractivity contribution in [1.29, 1.82) is 0 Å². The van der Waals surface area contributed by atoms with Crippen LogP contribution in [0.1, 0.15) is 42.3 Å². The topological polar surface area (TPSA) is 84.7 Å². The zero-order chi connectivity index (χ0) is 21.7. The van der Waals surface area contributed by atoms with Crippen molar-refractivity contribution in [3.05, 3.63) is 35.6 Å². The molecule has 1 aromatic carbocycles. The first-order valence-corrected chi connectivity index (χ1v) is 10.8. The zero-order valence-electron chi connectivity index (χ0n) is 17.8. The van der Waals surface area contributed by atoms with Crippen LogP contribution in [0.2, 0.25) is 0 Å². The van der Waals surface area contributed by atoms with Crippen LogP contribution in [0, 0.1) is 6.92 Å². The lowest BCUT2D eigenvalue weighted by Crippen LogP contribution is -2.25. The van der Waals surface area contributed by atoms with Crippen LogP contribution in [0.5, 0.6) is 0 Å². The van der Waals surface area contributed by atoms with Gasteiger partial charge in [0.2, 0.25) is 11.8 Å². The summed E-state index contributed by atoms with van der Waals surface area (Å²) < 4.78 is 11.7. The Morgan fingerprint density at radius 2 is 2.03 bits per heavy atom. The summed E-state index contributed by atoms with van der Waals surface area (Å²) in [5.74, 6) is -0.0872. The van der Waals surface area contributed by atoms with E-state index in [4.69, 9.17) is 9.15 Å². The molecule has 0 saturated heterocycles. The van der Waals surface area contributed by atoms with Crippen LogP contribution in [0.25, 0.3) is 20.8 Å². The number of rotatable bonds is 9. The van der Waals surface area contributed by atoms with Crippen molar-refractivity contribution in [3.8, 4) is 10.6 Å². The Morgan fingerprint density at radius 1 is 1.27 bits per heavy atom. The van der Waals surface area contributed by atoms with E-state index in [0.717, 1.165) is 29.6 Å². The van der Waals surface area contributed by atoms with E-state index in [0.29, 0.717) is 29.3 Å². The largest absolute Gasteiger partial charge is 0.465 e. The Morgan fingerprint density at radius 3 is 2.73 bits per heavy atom. The van der Waals surface area contributed by atoms with Crippen LogP contribution in [0.3, 0.4) is 0 Å². The van der Waals surface area contributed by atoms with Crippen molar-refractivity contribution in [2.24, 2.45) is 0 Å². The van der Waals surface area contributed by atoms with Gasteiger partial charge >= 0.3 is 5.97 Å². The van der Waals surface area contributed by atoms with Crippen LogP contribution < -0.4 is 5.32 Å². The van der Waals surface area contributed by atoms with Gasteiger partial charge in [0.1, 0.15) is 16.3 Å². The molecular weight excluding hydrogens is 402 g/mol. The van der Waals surface area contributed by atoms with E-state index in [1.54, 1.807) is 6.92 Å². The number of thiazole rings is 1. The minimum atomic E-state index is -0.523. The number of nitrogens with one attached hydrogen (secondary N) is 1. The van der Waals surface area contributed by atoms with Crippen LogP contribution in [0.4, 0.5) is 5.88 Å². The molecule has 8 heteroatoms. The van der Waals surface area contributed by atoms with Gasteiger partial charge in [-0.05, 0) is 39.1 Å². The molecule has 0 bridgehead atoms. The van der Waals surface area contributed by atoms with E-state index >= 15 is 0 Å². The molecule has 0 aliphatic carbocycles. The van der Waals surface area contributed by atoms with Gasteiger partial charge in [0.15, 0.2) is 0 Å². The monoisotopic (exact) mass is 429 g/mol. The first-order chi connectivity index (χ1) is 14.4. The SMILES string of the molecule is CCCCN(C)CCC(=O)Nc1oc(C)c(C(=O)OC)c1-c1nc2ccccc2s1. The molecule has 3 aromatic rings. The summed E-state index contributed by atoms with van der Waals surface area (Å²) in [5.41, 5.74) is 1.57. The standard InChI is InChI=1S/C22H27N3O4S/c1-5-6-12-25(3)13-11-17(26)24-20-19(18(14(2)29-20)22(27)28-4)21-23-15-9-7-8-10-16(15)30-21/h7-10H,5-6,11-13H2,1-4H3,(H,24,26). The summed E-state index contributed by atoms with van der Waals surface area (Å²) in [5, 5.41) is 3.43. The van der Waals surface area contributed by atoms with Crippen molar-refractivity contribution in [1.82, 2.24) is 9.88 Å². The number of fused-ring (bicyclic) bond motifs is 1. The van der Waals surface area contributed by atoms with Gasteiger partial charge in [-0.3, -0.25) is 10.1 Å². The van der Waals surface area contributed by atoms with Crippen LogP contribution >= 0.6 is 11.3 Å². The lowest BCUT2D eigenvalue weighted by atomic mass is 10.1. The van der Waals surface area contributed by atoms with Crippen LogP contribution in [-0.4, -0.2) is 49.0 Å². The molecule has 0 saturated carbocycles. The predicted octanol–water partition coefficient (Wildman–Crippen LogP) is 4.71. The summed E-state index contributed by atoms with van der Waals surface area (Å²) >= 11 is 1.44. The molecule has 0 atom stereocenters. The minimum Gasteiger partial charge on any atom is -0.465 e. The third-order valence-corrected chi connectivity index (χ3v) is 5.90. The molecule has 0 spiro atoms. The lowest BCUT2D eigenvalue weighted by molar-refractivity contribution is -0.116. The maximum absolute atomic E-state index is 12.6. The van der Waals surface area contributed by atoms with Gasteiger partial charge in [-0.25, -0.2) is 9.78 Å². The highest BCUT2D eigenvalue weighted by Gasteiger charge is 2.28. The number of unbranched alkanes of at least 4 members (excludes halogenated alkanes) is 1. The Labute approximate surface area is 180 Å². The molecule has 2 heterocycles. The average Bonchev–Trinajstić information content (AvgIpc) is 3.30. The highest BCUT2D eigenvalue weighted by Crippen LogP contribution is 2.40. The van der Waals surface area contributed by atoms with E-state index in [1.807, 2.05) is 31.3 Å². The summed E-state index contributed by atoms with van der Waals surface area (Å²) in [4.78, 5) is 31.8. The van der Waals surface area contributed by atoms with E-state index < -0.39 is 5.97 Å². The van der Waals surface area contributed by atoms with Gasteiger partial charge in [-0.1, -0.05) is 25.5 Å². The second-order valence-electron chi connectivity index (χ2n) is 7.17. The lowest BCUT2D eigenvalue weighted by Gasteiger charge is -2.15. The van der Waals surface area contributed by atoms with E-state index in [2.05, 4.69) is 22.1 Å². The smallest absolute Gasteiger partial charge is 0.342 e. The predicted molar refractivity (Wildman–Crippen MR) is 119 cm³/mol. The highest BCUT2D eigenvalue weighted by atomic mass is 32.1. The average molecular weight is 430 g/mol. The molecule has 0 aliphatic heterocycles. The van der Waals surface area contributed by atoms with Crippen molar-refractivity contribution in [2.75, 3.05) is 32.6 Å². The molecule has 3 rings (SSSR count). The molecule has 0 unspecified atom stereocenters. The number of hydrogen-bond donors (Lipinski definition) is 1. The number of amides is 1. The second-order valence-corrected chi connectivity index (χ2v) is 8.20. The van der Waals surface area contributed by atoms with E-state index in [-0.39, 0.29) is 17.4 Å². The van der Waals surface area contributed by atoms with Crippen LogP contribution in [0.15, 0.2) is 28.7 Å². The third-order valence-electron chi connectivity index (χ3n) is 4.85. The maximum atomic E-state index is 12.6. The zero-order valence-corrected chi connectivity index (χ0v) is 18.6. The number of carbonyl (C=O) groups excluding carboxylic acids is 2. The summed E-state index contributed by atoms with van der Waals surface area (Å²) in [6, 6.07) is 7.71. The van der Waals surface area contributed by atoms with Gasteiger partial charge in [-0.2, -0.15) is 0 Å². The number of ether oxygens (including phenoxy) is 1. The molecule has 0 radical (unpaired) electrons. The number of para-hydroxylation sites is 1. The number of furan rings is 1. The summed E-state index contributed by atoms with van der Waals surface area (Å²) in [6.07, 6.45) is 2.54. The van der Waals surface area contributed by atoms with E-state index in [1.165, 1.54) is 18.4 Å². The number of anilines is 1. The number of nitrogens with zero attached hydrogens (tertiary/aromatic N) is 2. The van der Waals surface area contributed by atoms with Gasteiger partial charge in [-0.15, -0.1) is 11.3 Å². The number of methoxy groups -OCH3 is 1.